The first-order chi connectivity index (χ1) is 7.73. The van der Waals surface area contributed by atoms with Crippen molar-refractivity contribution in [3.05, 3.63) is 0 Å². The number of hydrazine groups is 2. The maximum absolute atomic E-state index is 10.7. The fourth-order valence-corrected chi connectivity index (χ4v) is 1.36. The van der Waals surface area contributed by atoms with Gasteiger partial charge in [-0.3, -0.25) is 10.9 Å². The van der Waals surface area contributed by atoms with Crippen molar-refractivity contribution >= 4 is 46.5 Å². The number of rotatable bonds is 2. The lowest BCUT2D eigenvalue weighted by Gasteiger charge is -2.20. The molecule has 0 rings (SSSR count). The molecule has 0 aromatic heterocycles. The molecule has 0 atom stereocenters. The fourth-order valence-electron chi connectivity index (χ4n) is 0.709. The minimum atomic E-state index is -0.680. The number of primary amides is 2. The summed E-state index contributed by atoms with van der Waals surface area (Å²) in [5, 5.41) is 2.03. The average Bonchev–Trinajstić information content (AvgIpc) is 2.16. The van der Waals surface area contributed by atoms with Gasteiger partial charge in [0.1, 0.15) is 9.98 Å². The first-order valence-corrected chi connectivity index (χ1v) is 5.21. The molecule has 0 spiro atoms. The van der Waals surface area contributed by atoms with Crippen LogP contribution in [0, 0.1) is 0 Å². The number of amides is 4. The van der Waals surface area contributed by atoms with Crippen LogP contribution in [0.3, 0.4) is 0 Å². The number of nitrogens with two attached hydrogens (primary N) is 2. The van der Waals surface area contributed by atoms with E-state index in [1.54, 1.807) is 0 Å². The largest absolute Gasteiger partial charge is 0.350 e. The van der Waals surface area contributed by atoms with Crippen molar-refractivity contribution in [1.29, 1.82) is 0 Å². The lowest BCUT2D eigenvalue weighted by molar-refractivity contribution is 0.210. The Bertz CT molecular complexity index is 315. The second-order valence-electron chi connectivity index (χ2n) is 3.04. The highest BCUT2D eigenvalue weighted by Gasteiger charge is 2.09. The predicted molar refractivity (Wildman–Crippen MR) is 70.8 cm³/mol. The smallest absolute Gasteiger partial charge is 0.333 e. The van der Waals surface area contributed by atoms with Crippen molar-refractivity contribution in [3.8, 4) is 0 Å². The van der Waals surface area contributed by atoms with Gasteiger partial charge in [0, 0.05) is 14.1 Å². The van der Waals surface area contributed by atoms with E-state index in [1.807, 2.05) is 0 Å². The fraction of sp³-hybridized carbons (Fsp3) is 0.429. The highest BCUT2D eigenvalue weighted by Crippen LogP contribution is 1.90. The second kappa shape index (κ2) is 6.81. The Morgan fingerprint density at radius 1 is 1.00 bits per heavy atom. The van der Waals surface area contributed by atoms with Crippen molar-refractivity contribution in [2.75, 3.05) is 14.1 Å². The van der Waals surface area contributed by atoms with Crippen LogP contribution in [-0.2, 0) is 0 Å². The van der Waals surface area contributed by atoms with E-state index in [1.165, 1.54) is 14.1 Å². The Labute approximate surface area is 109 Å². The molecule has 0 radical (unpaired) electrons. The lowest BCUT2D eigenvalue weighted by Crippen LogP contribution is -2.49. The highest BCUT2D eigenvalue weighted by atomic mass is 32.1. The summed E-state index contributed by atoms with van der Waals surface area (Å²) in [5.74, 6) is 0. The van der Waals surface area contributed by atoms with Gasteiger partial charge in [-0.25, -0.2) is 19.6 Å². The van der Waals surface area contributed by atoms with Gasteiger partial charge in [-0.05, 0) is 0 Å². The second-order valence-corrected chi connectivity index (χ2v) is 4.03. The van der Waals surface area contributed by atoms with Crippen LogP contribution in [0.4, 0.5) is 9.59 Å². The van der Waals surface area contributed by atoms with Gasteiger partial charge in [0.25, 0.3) is 0 Å². The summed E-state index contributed by atoms with van der Waals surface area (Å²) >= 11 is 9.84. The van der Waals surface area contributed by atoms with Crippen molar-refractivity contribution in [3.63, 3.8) is 0 Å². The van der Waals surface area contributed by atoms with E-state index >= 15 is 0 Å². The van der Waals surface area contributed by atoms with Crippen LogP contribution in [0.25, 0.3) is 0 Å². The van der Waals surface area contributed by atoms with Crippen LogP contribution in [-0.4, -0.2) is 46.2 Å². The average molecular weight is 278 g/mol. The van der Waals surface area contributed by atoms with Crippen LogP contribution in [0.5, 0.6) is 0 Å². The molecule has 0 saturated heterocycles. The Balaban J connectivity index is 4.09. The summed E-state index contributed by atoms with van der Waals surface area (Å²) in [7, 11) is 2.83. The highest BCUT2D eigenvalue weighted by molar-refractivity contribution is 7.82. The molecule has 0 unspecified atom stereocenters. The third kappa shape index (κ3) is 6.48. The number of nitrogens with one attached hydrogen (secondary N) is 2. The van der Waals surface area contributed by atoms with Crippen molar-refractivity contribution in [2.45, 2.75) is 6.42 Å². The molecule has 0 fully saturated rings. The standard InChI is InChI=1S/C7H14N6O2S2/c1-12(6(8)14)10-4(16)3-5(17)11-13(2)7(9)15/h3H2,1-2H3,(H2,8,14)(H2,9,15)(H,10,16)(H,11,17). The lowest BCUT2D eigenvalue weighted by atomic mass is 10.4. The SMILES string of the molecule is CN(NC(=S)CC(=S)NN(C)C(N)=O)C(N)=O. The number of hydrogen-bond donors (Lipinski definition) is 4. The molecular formula is C7H14N6O2S2. The molecule has 0 aliphatic carbocycles. The molecule has 0 bridgehead atoms. The molecule has 6 N–H and O–H groups in total. The Kier molecular flexibility index (Phi) is 6.13. The summed E-state index contributed by atoms with van der Waals surface area (Å²) in [6, 6.07) is -1.36. The molecule has 4 amide bonds. The van der Waals surface area contributed by atoms with E-state index in [2.05, 4.69) is 10.9 Å². The molecule has 0 aromatic rings. The van der Waals surface area contributed by atoms with Crippen molar-refractivity contribution < 1.29 is 9.59 Å². The normalized spacial score (nSPS) is 9.06. The Morgan fingerprint density at radius 3 is 1.53 bits per heavy atom. The molecule has 10 heteroatoms. The molecule has 17 heavy (non-hydrogen) atoms. The minimum Gasteiger partial charge on any atom is -0.350 e. The summed E-state index contributed by atoms with van der Waals surface area (Å²) in [6.07, 6.45) is 0.153. The van der Waals surface area contributed by atoms with E-state index in [0.717, 1.165) is 10.0 Å². The number of nitrogens with zero attached hydrogens (tertiary/aromatic N) is 2. The minimum absolute atomic E-state index is 0.153. The topological polar surface area (TPSA) is 117 Å². The van der Waals surface area contributed by atoms with Crippen LogP contribution in [0.2, 0.25) is 0 Å². The van der Waals surface area contributed by atoms with Gasteiger partial charge in [0.15, 0.2) is 0 Å². The quantitative estimate of drug-likeness (QED) is 0.383. The predicted octanol–water partition coefficient (Wildman–Crippen LogP) is -0.938. The Morgan fingerprint density at radius 2 is 1.29 bits per heavy atom. The van der Waals surface area contributed by atoms with Gasteiger partial charge in [0.2, 0.25) is 0 Å². The van der Waals surface area contributed by atoms with Crippen LogP contribution >= 0.6 is 24.4 Å². The van der Waals surface area contributed by atoms with Crippen LogP contribution in [0.15, 0.2) is 0 Å². The zero-order valence-electron chi connectivity index (χ0n) is 9.39. The molecule has 0 saturated carbocycles. The number of carbonyl (C=O) groups is 2. The summed E-state index contributed by atoms with van der Waals surface area (Å²) in [6.45, 7) is 0. The zero-order chi connectivity index (χ0) is 13.6. The molecular weight excluding hydrogens is 264 g/mol. The maximum Gasteiger partial charge on any atom is 0.333 e. The summed E-state index contributed by atoms with van der Waals surface area (Å²) in [5.41, 5.74) is 15.0. The van der Waals surface area contributed by atoms with Gasteiger partial charge >= 0.3 is 12.1 Å². The van der Waals surface area contributed by atoms with Gasteiger partial charge < -0.3 is 11.5 Å². The molecule has 0 aromatic carbocycles. The summed E-state index contributed by atoms with van der Waals surface area (Å²) in [4.78, 5) is 22.0. The molecule has 8 nitrogen and oxygen atoms in total. The van der Waals surface area contributed by atoms with Gasteiger partial charge in [0.05, 0.1) is 6.42 Å². The first kappa shape index (κ1) is 15.3. The first-order valence-electron chi connectivity index (χ1n) is 4.39. The van der Waals surface area contributed by atoms with Gasteiger partial charge in [-0.1, -0.05) is 24.4 Å². The van der Waals surface area contributed by atoms with E-state index in [9.17, 15) is 9.59 Å². The Hall–Kier alpha value is -1.68. The number of hydrogen-bond acceptors (Lipinski definition) is 4. The summed E-state index contributed by atoms with van der Waals surface area (Å²) < 4.78 is 0. The molecule has 0 heterocycles. The molecule has 0 aliphatic rings. The monoisotopic (exact) mass is 278 g/mol. The van der Waals surface area contributed by atoms with Crippen molar-refractivity contribution in [2.24, 2.45) is 11.5 Å². The molecule has 0 aliphatic heterocycles. The van der Waals surface area contributed by atoms with Crippen LogP contribution < -0.4 is 22.3 Å². The van der Waals surface area contributed by atoms with E-state index in [0.29, 0.717) is 0 Å². The maximum atomic E-state index is 10.7. The van der Waals surface area contributed by atoms with Gasteiger partial charge in [-0.15, -0.1) is 0 Å². The number of urea groups is 2. The number of carbonyl (C=O) groups excluding carboxylic acids is 2. The van der Waals surface area contributed by atoms with Crippen LogP contribution in [0.1, 0.15) is 6.42 Å². The van der Waals surface area contributed by atoms with E-state index in [-0.39, 0.29) is 16.4 Å². The van der Waals surface area contributed by atoms with Crippen molar-refractivity contribution in [1.82, 2.24) is 20.9 Å². The van der Waals surface area contributed by atoms with E-state index < -0.39 is 12.1 Å². The number of thiocarbonyl (C=S) groups is 2. The van der Waals surface area contributed by atoms with E-state index in [4.69, 9.17) is 35.9 Å². The third-order valence-electron chi connectivity index (χ3n) is 1.57. The van der Waals surface area contributed by atoms with Gasteiger partial charge in [-0.2, -0.15) is 0 Å². The third-order valence-corrected chi connectivity index (χ3v) is 2.04. The molecule has 96 valence electrons. The zero-order valence-corrected chi connectivity index (χ0v) is 11.0.